The average molecular weight is 722 g/mol. The molecule has 0 fully saturated rings. The maximum atomic E-state index is 6.53. The number of nitrogens with zero attached hydrogens (tertiary/aromatic N) is 5. The van der Waals surface area contributed by atoms with Crippen LogP contribution in [0.4, 0.5) is 0 Å². The largest absolute Gasteiger partial charge is 0.405 e. The summed E-state index contributed by atoms with van der Waals surface area (Å²) in [5.74, 6) is 0. The molecule has 0 aliphatic rings. The molecule has 0 aliphatic carbocycles. The third-order valence-electron chi connectivity index (χ3n) is 10.5. The van der Waals surface area contributed by atoms with E-state index in [1.54, 1.807) is 6.08 Å². The molecule has 4 N–H and O–H groups in total. The van der Waals surface area contributed by atoms with E-state index in [2.05, 4.69) is 133 Å². The standard InChI is InChI=1S/C49H35N7/c50-23-8-11-42(51)32-15-19-46-38(27-32)39-28-33(43-12-1-4-24-52-43)16-20-47(39)55(46)36-9-7-10-37(31-36)56-48-21-17-34(44-13-2-5-25-53-44)29-40(48)41-30-35(18-22-49(41)56)45-14-3-6-26-54-45/h1-31H,50-51H2/b23-8-,42-11-. The minimum absolute atomic E-state index is 0.640. The van der Waals surface area contributed by atoms with Gasteiger partial charge in [-0.15, -0.1) is 0 Å². The van der Waals surface area contributed by atoms with E-state index in [-0.39, 0.29) is 0 Å². The lowest BCUT2D eigenvalue weighted by atomic mass is 10.0. The van der Waals surface area contributed by atoms with Crippen molar-refractivity contribution in [1.82, 2.24) is 24.1 Å². The normalized spacial score (nSPS) is 12.1. The highest BCUT2D eigenvalue weighted by molar-refractivity contribution is 6.13. The van der Waals surface area contributed by atoms with Gasteiger partial charge >= 0.3 is 0 Å². The van der Waals surface area contributed by atoms with E-state index < -0.39 is 0 Å². The third-order valence-corrected chi connectivity index (χ3v) is 10.5. The van der Waals surface area contributed by atoms with Crippen molar-refractivity contribution in [2.24, 2.45) is 11.5 Å². The van der Waals surface area contributed by atoms with Crippen molar-refractivity contribution in [3.8, 4) is 45.1 Å². The molecular weight excluding hydrogens is 687 g/mol. The van der Waals surface area contributed by atoms with Gasteiger partial charge in [0.1, 0.15) is 0 Å². The molecule has 5 aromatic heterocycles. The molecule has 0 amide bonds. The van der Waals surface area contributed by atoms with E-state index in [1.165, 1.54) is 6.20 Å². The molecule has 266 valence electrons. The van der Waals surface area contributed by atoms with Gasteiger partial charge in [-0.1, -0.05) is 48.5 Å². The zero-order chi connectivity index (χ0) is 37.6. The molecule has 5 heterocycles. The zero-order valence-electron chi connectivity index (χ0n) is 30.3. The van der Waals surface area contributed by atoms with E-state index in [4.69, 9.17) is 11.5 Å². The summed E-state index contributed by atoms with van der Waals surface area (Å²) < 4.78 is 4.70. The maximum absolute atomic E-state index is 6.53. The molecular formula is C49H35N7. The van der Waals surface area contributed by atoms with Gasteiger partial charge in [-0.3, -0.25) is 15.0 Å². The summed E-state index contributed by atoms with van der Waals surface area (Å²) in [6, 6.07) is 53.1. The minimum Gasteiger partial charge on any atom is -0.405 e. The quantitative estimate of drug-likeness (QED) is 0.160. The topological polar surface area (TPSA) is 101 Å². The van der Waals surface area contributed by atoms with Crippen molar-refractivity contribution < 1.29 is 0 Å². The molecule has 0 bridgehead atoms. The molecule has 10 rings (SSSR count). The number of rotatable bonds is 7. The van der Waals surface area contributed by atoms with E-state index in [1.807, 2.05) is 67.1 Å². The Bertz CT molecular complexity index is 3040. The highest BCUT2D eigenvalue weighted by Crippen LogP contribution is 2.39. The van der Waals surface area contributed by atoms with Crippen molar-refractivity contribution in [2.45, 2.75) is 0 Å². The van der Waals surface area contributed by atoms with Gasteiger partial charge in [0.2, 0.25) is 0 Å². The van der Waals surface area contributed by atoms with Gasteiger partial charge in [0.15, 0.2) is 0 Å². The second-order valence-electron chi connectivity index (χ2n) is 13.8. The maximum Gasteiger partial charge on any atom is 0.0702 e. The molecule has 0 spiro atoms. The van der Waals surface area contributed by atoms with E-state index >= 15 is 0 Å². The number of nitrogens with two attached hydrogens (primary N) is 2. The van der Waals surface area contributed by atoms with Crippen LogP contribution in [0.2, 0.25) is 0 Å². The molecule has 5 aromatic carbocycles. The minimum atomic E-state index is 0.640. The first-order valence-electron chi connectivity index (χ1n) is 18.5. The number of allylic oxidation sites excluding steroid dienone is 2. The van der Waals surface area contributed by atoms with E-state index in [0.717, 1.165) is 94.3 Å². The van der Waals surface area contributed by atoms with Crippen LogP contribution in [0.15, 0.2) is 189 Å². The van der Waals surface area contributed by atoms with Crippen molar-refractivity contribution >= 4 is 49.3 Å². The number of hydrogen-bond acceptors (Lipinski definition) is 5. The third kappa shape index (κ3) is 5.58. The number of pyridine rings is 3. The van der Waals surface area contributed by atoms with Crippen molar-refractivity contribution in [3.05, 3.63) is 194 Å². The van der Waals surface area contributed by atoms with Crippen molar-refractivity contribution in [2.75, 3.05) is 0 Å². The van der Waals surface area contributed by atoms with E-state index in [0.29, 0.717) is 5.70 Å². The molecule has 0 atom stereocenters. The number of hydrogen-bond donors (Lipinski definition) is 2. The van der Waals surface area contributed by atoms with Crippen LogP contribution in [0.5, 0.6) is 0 Å². The van der Waals surface area contributed by atoms with Crippen LogP contribution in [0.3, 0.4) is 0 Å². The number of aromatic nitrogens is 5. The first kappa shape index (κ1) is 32.8. The van der Waals surface area contributed by atoms with Crippen LogP contribution in [0.1, 0.15) is 5.56 Å². The average Bonchev–Trinajstić information content (AvgIpc) is 3.77. The Kier molecular flexibility index (Phi) is 7.96. The summed E-state index contributed by atoms with van der Waals surface area (Å²) in [5.41, 5.74) is 26.2. The van der Waals surface area contributed by atoms with Crippen LogP contribution in [-0.2, 0) is 0 Å². The van der Waals surface area contributed by atoms with Gasteiger partial charge in [0.05, 0.1) is 39.1 Å². The lowest BCUT2D eigenvalue weighted by Gasteiger charge is -2.13. The molecule has 7 nitrogen and oxygen atoms in total. The van der Waals surface area contributed by atoms with Gasteiger partial charge in [-0.25, -0.2) is 0 Å². The second kappa shape index (κ2) is 13.6. The molecule has 56 heavy (non-hydrogen) atoms. The van der Waals surface area contributed by atoms with Crippen LogP contribution < -0.4 is 11.5 Å². The summed E-state index contributed by atoms with van der Waals surface area (Å²) in [4.78, 5) is 14.0. The van der Waals surface area contributed by atoms with E-state index in [9.17, 15) is 0 Å². The summed E-state index contributed by atoms with van der Waals surface area (Å²) in [6.45, 7) is 0. The zero-order valence-corrected chi connectivity index (χ0v) is 30.3. The second-order valence-corrected chi connectivity index (χ2v) is 13.8. The Morgan fingerprint density at radius 1 is 0.446 bits per heavy atom. The van der Waals surface area contributed by atoms with Gasteiger partial charge in [0.25, 0.3) is 0 Å². The lowest BCUT2D eigenvalue weighted by molar-refractivity contribution is 1.13. The smallest absolute Gasteiger partial charge is 0.0702 e. The van der Waals surface area contributed by atoms with Gasteiger partial charge in [-0.2, -0.15) is 0 Å². The number of fused-ring (bicyclic) bond motifs is 6. The summed E-state index contributed by atoms with van der Waals surface area (Å²) >= 11 is 0. The van der Waals surface area contributed by atoms with Crippen LogP contribution in [0, 0.1) is 0 Å². The Morgan fingerprint density at radius 2 is 0.875 bits per heavy atom. The first-order valence-corrected chi connectivity index (χ1v) is 18.5. The van der Waals surface area contributed by atoms with Crippen LogP contribution >= 0.6 is 0 Å². The molecule has 0 unspecified atom stereocenters. The molecule has 0 radical (unpaired) electrons. The SMILES string of the molecule is N/C=C\C=C(/N)c1ccc2c(c1)c1cc(-c3ccccn3)ccc1n2-c1cccc(-n2c3ccc(-c4ccccn4)cc3c3cc(-c4ccccn4)ccc32)c1. The fraction of sp³-hybridized carbons (Fsp3) is 0. The Morgan fingerprint density at radius 3 is 1.29 bits per heavy atom. The Balaban J connectivity index is 1.19. The number of benzene rings is 5. The predicted octanol–water partition coefficient (Wildman–Crippen LogP) is 10.8. The van der Waals surface area contributed by atoms with Crippen molar-refractivity contribution in [3.63, 3.8) is 0 Å². The van der Waals surface area contributed by atoms with Crippen LogP contribution in [-0.4, -0.2) is 24.1 Å². The highest BCUT2D eigenvalue weighted by Gasteiger charge is 2.18. The predicted molar refractivity (Wildman–Crippen MR) is 230 cm³/mol. The fourth-order valence-corrected chi connectivity index (χ4v) is 7.89. The highest BCUT2D eigenvalue weighted by atomic mass is 15.0. The molecule has 0 aliphatic heterocycles. The van der Waals surface area contributed by atoms with Crippen molar-refractivity contribution in [1.29, 1.82) is 0 Å². The van der Waals surface area contributed by atoms with Gasteiger partial charge < -0.3 is 20.6 Å². The monoisotopic (exact) mass is 721 g/mol. The lowest BCUT2D eigenvalue weighted by Crippen LogP contribution is -1.99. The first-order chi connectivity index (χ1) is 27.6. The summed E-state index contributed by atoms with van der Waals surface area (Å²) in [7, 11) is 0. The molecule has 7 heteroatoms. The molecule has 10 aromatic rings. The van der Waals surface area contributed by atoms with Gasteiger partial charge in [0, 0.05) is 73.9 Å². The summed E-state index contributed by atoms with van der Waals surface area (Å²) in [5, 5.41) is 4.49. The molecule has 0 saturated heterocycles. The molecule has 0 saturated carbocycles. The van der Waals surface area contributed by atoms with Crippen LogP contribution in [0.25, 0.3) is 94.5 Å². The Hall–Kier alpha value is -7.77. The van der Waals surface area contributed by atoms with Gasteiger partial charge in [-0.05, 0) is 127 Å². The summed E-state index contributed by atoms with van der Waals surface area (Å²) in [6.07, 6.45) is 10.6. The Labute approximate surface area is 323 Å². The fourth-order valence-electron chi connectivity index (χ4n) is 7.89.